The number of nitrogens with one attached hydrogen (secondary N) is 1. The summed E-state index contributed by atoms with van der Waals surface area (Å²) in [4.78, 5) is 12.2. The molecule has 10 heteroatoms. The van der Waals surface area contributed by atoms with Gasteiger partial charge < -0.3 is 10.1 Å². The summed E-state index contributed by atoms with van der Waals surface area (Å²) in [6.07, 6.45) is 4.28. The quantitative estimate of drug-likeness (QED) is 0.508. The van der Waals surface area contributed by atoms with E-state index in [1.165, 1.54) is 22.9 Å². The highest BCUT2D eigenvalue weighted by molar-refractivity contribution is 9.10. The number of aryl methyl sites for hydroxylation is 2. The Morgan fingerprint density at radius 1 is 1.32 bits per heavy atom. The van der Waals surface area contributed by atoms with E-state index in [-0.39, 0.29) is 17.7 Å². The molecule has 3 aromatic rings. The Balaban J connectivity index is 1.43. The van der Waals surface area contributed by atoms with Crippen molar-refractivity contribution in [1.82, 2.24) is 24.9 Å². The van der Waals surface area contributed by atoms with Crippen LogP contribution in [0, 0.1) is 12.7 Å². The molecule has 0 atom stereocenters. The predicted molar refractivity (Wildman–Crippen MR) is 106 cm³/mol. The second kappa shape index (κ2) is 9.20. The van der Waals surface area contributed by atoms with Gasteiger partial charge in [0.15, 0.2) is 6.73 Å². The van der Waals surface area contributed by atoms with E-state index in [4.69, 9.17) is 16.3 Å². The molecule has 0 saturated carbocycles. The van der Waals surface area contributed by atoms with Gasteiger partial charge in [-0.3, -0.25) is 9.48 Å². The number of aromatic nitrogens is 4. The van der Waals surface area contributed by atoms with Crippen LogP contribution in [-0.4, -0.2) is 32.0 Å². The van der Waals surface area contributed by atoms with Gasteiger partial charge in [0.05, 0.1) is 15.2 Å². The first kappa shape index (κ1) is 20.3. The van der Waals surface area contributed by atoms with Crippen molar-refractivity contribution in [3.8, 4) is 5.75 Å². The summed E-state index contributed by atoms with van der Waals surface area (Å²) in [5, 5.41) is 11.3. The van der Waals surface area contributed by atoms with Crippen LogP contribution in [0.4, 0.5) is 4.39 Å². The summed E-state index contributed by atoms with van der Waals surface area (Å²) in [6.45, 7) is 3.21. The fraction of sp³-hybridized carbons (Fsp3) is 0.278. The van der Waals surface area contributed by atoms with Crippen molar-refractivity contribution in [2.24, 2.45) is 0 Å². The molecule has 1 amide bonds. The molecule has 0 radical (unpaired) electrons. The average Bonchev–Trinajstić information content (AvgIpc) is 3.26. The summed E-state index contributed by atoms with van der Waals surface area (Å²) in [7, 11) is 0. The summed E-state index contributed by atoms with van der Waals surface area (Å²) < 4.78 is 22.9. The maximum absolute atomic E-state index is 13.1. The van der Waals surface area contributed by atoms with Crippen molar-refractivity contribution in [3.63, 3.8) is 0 Å². The van der Waals surface area contributed by atoms with E-state index in [0.29, 0.717) is 24.5 Å². The Kier molecular flexibility index (Phi) is 6.69. The van der Waals surface area contributed by atoms with Gasteiger partial charge in [0.1, 0.15) is 17.3 Å². The van der Waals surface area contributed by atoms with Crippen LogP contribution in [0.2, 0.25) is 5.02 Å². The molecular weight excluding hydrogens is 453 g/mol. The highest BCUT2D eigenvalue weighted by Gasteiger charge is 2.10. The monoisotopic (exact) mass is 469 g/mol. The zero-order valence-electron chi connectivity index (χ0n) is 15.0. The lowest BCUT2D eigenvalue weighted by atomic mass is 10.3. The van der Waals surface area contributed by atoms with Gasteiger partial charge in [-0.15, -0.1) is 0 Å². The summed E-state index contributed by atoms with van der Waals surface area (Å²) in [5.41, 5.74) is 1.22. The van der Waals surface area contributed by atoms with Crippen molar-refractivity contribution in [3.05, 3.63) is 63.4 Å². The number of amides is 1. The summed E-state index contributed by atoms with van der Waals surface area (Å²) in [5.74, 6) is -0.364. The normalized spacial score (nSPS) is 10.9. The lowest BCUT2D eigenvalue weighted by molar-refractivity contribution is 0.0945. The van der Waals surface area contributed by atoms with E-state index < -0.39 is 5.82 Å². The fourth-order valence-electron chi connectivity index (χ4n) is 2.40. The van der Waals surface area contributed by atoms with E-state index >= 15 is 0 Å². The number of rotatable bonds is 8. The lowest BCUT2D eigenvalue weighted by Crippen LogP contribution is -2.26. The minimum absolute atomic E-state index is 0.0179. The predicted octanol–water partition coefficient (Wildman–Crippen LogP) is 3.80. The Bertz CT molecular complexity index is 955. The van der Waals surface area contributed by atoms with Gasteiger partial charge in [0.2, 0.25) is 0 Å². The Morgan fingerprint density at radius 2 is 2.14 bits per heavy atom. The molecule has 0 fully saturated rings. The van der Waals surface area contributed by atoms with Crippen LogP contribution in [-0.2, 0) is 13.3 Å². The number of hydrogen-bond donors (Lipinski definition) is 1. The van der Waals surface area contributed by atoms with Crippen LogP contribution < -0.4 is 10.1 Å². The maximum Gasteiger partial charge on any atom is 0.271 e. The third-order valence-corrected chi connectivity index (χ3v) is 4.93. The van der Waals surface area contributed by atoms with Crippen molar-refractivity contribution >= 4 is 33.4 Å². The number of carbonyl (C=O) groups is 1. The standard InChI is InChI=1S/C18H18BrClFN5O2/c1-12-14(19)10-25(23-12)7-2-6-22-18(27)17-5-8-26(24-17)11-28-13-3-4-16(21)15(20)9-13/h3-5,8-10H,2,6-7,11H2,1H3,(H,22,27). The zero-order valence-corrected chi connectivity index (χ0v) is 17.4. The van der Waals surface area contributed by atoms with Crippen LogP contribution in [0.3, 0.4) is 0 Å². The van der Waals surface area contributed by atoms with E-state index in [1.807, 2.05) is 17.8 Å². The molecular formula is C18H18BrClFN5O2. The molecule has 0 aliphatic heterocycles. The molecule has 0 unspecified atom stereocenters. The topological polar surface area (TPSA) is 74.0 Å². The molecule has 28 heavy (non-hydrogen) atoms. The van der Waals surface area contributed by atoms with Crippen LogP contribution in [0.15, 0.2) is 41.1 Å². The second-order valence-corrected chi connectivity index (χ2v) is 7.29. The Labute approximate surface area is 174 Å². The van der Waals surface area contributed by atoms with Crippen molar-refractivity contribution in [2.45, 2.75) is 26.6 Å². The number of hydrogen-bond acceptors (Lipinski definition) is 4. The molecule has 0 aliphatic carbocycles. The molecule has 0 bridgehead atoms. The van der Waals surface area contributed by atoms with Gasteiger partial charge in [-0.1, -0.05) is 11.6 Å². The molecule has 0 spiro atoms. The first-order valence-electron chi connectivity index (χ1n) is 8.51. The number of benzene rings is 1. The van der Waals surface area contributed by atoms with Crippen molar-refractivity contribution < 1.29 is 13.9 Å². The SMILES string of the molecule is Cc1nn(CCCNC(=O)c2ccn(COc3ccc(F)c(Cl)c3)n2)cc1Br. The molecule has 2 heterocycles. The number of nitrogens with zero attached hydrogens (tertiary/aromatic N) is 4. The number of carbonyl (C=O) groups excluding carboxylic acids is 1. The van der Waals surface area contributed by atoms with Crippen LogP contribution in [0.1, 0.15) is 22.6 Å². The zero-order chi connectivity index (χ0) is 20.1. The smallest absolute Gasteiger partial charge is 0.271 e. The fourth-order valence-corrected chi connectivity index (χ4v) is 2.89. The minimum atomic E-state index is -0.512. The van der Waals surface area contributed by atoms with Crippen molar-refractivity contribution in [1.29, 1.82) is 0 Å². The first-order chi connectivity index (χ1) is 13.4. The highest BCUT2D eigenvalue weighted by Crippen LogP contribution is 2.21. The van der Waals surface area contributed by atoms with Gasteiger partial charge in [-0.2, -0.15) is 10.2 Å². The van der Waals surface area contributed by atoms with E-state index in [0.717, 1.165) is 16.6 Å². The summed E-state index contributed by atoms with van der Waals surface area (Å²) in [6, 6.07) is 5.68. The minimum Gasteiger partial charge on any atom is -0.471 e. The van der Waals surface area contributed by atoms with Gasteiger partial charge in [0, 0.05) is 31.5 Å². The molecule has 0 saturated heterocycles. The molecule has 2 aromatic heterocycles. The highest BCUT2D eigenvalue weighted by atomic mass is 79.9. The van der Waals surface area contributed by atoms with Gasteiger partial charge in [-0.05, 0) is 47.5 Å². The van der Waals surface area contributed by atoms with Gasteiger partial charge in [0.25, 0.3) is 5.91 Å². The van der Waals surface area contributed by atoms with Gasteiger partial charge >= 0.3 is 0 Å². The average molecular weight is 471 g/mol. The molecule has 0 aliphatic rings. The van der Waals surface area contributed by atoms with Crippen LogP contribution in [0.25, 0.3) is 0 Å². The second-order valence-electron chi connectivity index (χ2n) is 6.02. The Hall–Kier alpha value is -2.39. The number of halogens is 3. The Morgan fingerprint density at radius 3 is 2.86 bits per heavy atom. The van der Waals surface area contributed by atoms with Gasteiger partial charge in [-0.25, -0.2) is 9.07 Å². The third-order valence-electron chi connectivity index (χ3n) is 3.86. The van der Waals surface area contributed by atoms with Crippen LogP contribution in [0.5, 0.6) is 5.75 Å². The summed E-state index contributed by atoms with van der Waals surface area (Å²) >= 11 is 9.13. The third kappa shape index (κ3) is 5.32. The molecule has 1 aromatic carbocycles. The molecule has 148 valence electrons. The van der Waals surface area contributed by atoms with E-state index in [9.17, 15) is 9.18 Å². The largest absolute Gasteiger partial charge is 0.471 e. The number of ether oxygens (including phenoxy) is 1. The first-order valence-corrected chi connectivity index (χ1v) is 9.68. The maximum atomic E-state index is 13.1. The molecule has 7 nitrogen and oxygen atoms in total. The molecule has 3 rings (SSSR count). The lowest BCUT2D eigenvalue weighted by Gasteiger charge is -2.07. The van der Waals surface area contributed by atoms with Crippen molar-refractivity contribution in [2.75, 3.05) is 6.54 Å². The van der Waals surface area contributed by atoms with Crippen LogP contribution >= 0.6 is 27.5 Å². The molecule has 1 N–H and O–H groups in total. The van der Waals surface area contributed by atoms with E-state index in [2.05, 4.69) is 31.4 Å². The van der Waals surface area contributed by atoms with E-state index in [1.54, 1.807) is 12.3 Å².